The van der Waals surface area contributed by atoms with Crippen LogP contribution in [0.4, 0.5) is 17.6 Å². The van der Waals surface area contributed by atoms with Gasteiger partial charge in [-0.15, -0.1) is 0 Å². The molecule has 0 unspecified atom stereocenters. The molecule has 14 atom stereocenters. The first-order valence-electron chi connectivity index (χ1n) is 20.2. The van der Waals surface area contributed by atoms with Crippen LogP contribution < -0.4 is 4.74 Å². The number of rotatable bonds is 8. The number of benzene rings is 2. The van der Waals surface area contributed by atoms with Gasteiger partial charge in [0.25, 0.3) is 0 Å². The van der Waals surface area contributed by atoms with Crippen molar-refractivity contribution in [1.82, 2.24) is 9.21 Å². The maximum atomic E-state index is 14.5. The van der Waals surface area contributed by atoms with Crippen LogP contribution in [0.3, 0.4) is 0 Å². The fourth-order valence-corrected chi connectivity index (χ4v) is 9.98. The summed E-state index contributed by atoms with van der Waals surface area (Å²) in [6, 6.07) is 7.55. The number of carbonyl (C=O) groups excluding carboxylic acids is 1. The second-order valence-corrected chi connectivity index (χ2v) is 19.2. The molecule has 0 saturated carbocycles. The number of esters is 1. The number of hydrogen-bond donors (Lipinski definition) is 4. The quantitative estimate of drug-likeness (QED) is 0.207. The molecule has 0 aliphatic carbocycles. The average molecular weight is 879 g/mol. The molecule has 60 heavy (non-hydrogen) atoms. The van der Waals surface area contributed by atoms with E-state index in [4.69, 9.17) is 18.9 Å². The number of aliphatic hydroxyl groups is 4. The van der Waals surface area contributed by atoms with Gasteiger partial charge in [0.15, 0.2) is 12.4 Å². The summed E-state index contributed by atoms with van der Waals surface area (Å²) in [4.78, 5) is 15.4. The Kier molecular flexibility index (Phi) is 15.9. The normalized spacial score (nSPS) is 37.2. The fourth-order valence-electron chi connectivity index (χ4n) is 8.59. The Balaban J connectivity index is 1.85. The number of aliphatic hydroxyl groups excluding tert-OH is 2. The SMILES string of the molecule is CC[C@H]1OC(=O)[C@H](C)[C@@H](O)[C@H](C)[C@@H](O[C@@H]2O[C@H](C)C[C@H](N(C)S(=O)(=O)c3ccccc3)[C@H]2Oc2ccc(F)c(C(F)(F)F)c2)[C@](C)(O)C[C@@H](C)CN(C)[C@H](C)[C@@H](O)[C@]1(C)O. The summed E-state index contributed by atoms with van der Waals surface area (Å²) in [7, 11) is -1.29. The number of alkyl halides is 3. The number of halogens is 4. The van der Waals surface area contributed by atoms with Gasteiger partial charge in [-0.25, -0.2) is 12.8 Å². The molecule has 340 valence electrons. The van der Waals surface area contributed by atoms with Gasteiger partial charge in [0, 0.05) is 25.6 Å². The third-order valence-electron chi connectivity index (χ3n) is 12.2. The Hall–Kier alpha value is -2.94. The van der Waals surface area contributed by atoms with E-state index in [1.54, 1.807) is 38.8 Å². The molecule has 2 aliphatic rings. The van der Waals surface area contributed by atoms with E-state index in [9.17, 15) is 51.2 Å². The van der Waals surface area contributed by atoms with E-state index in [-0.39, 0.29) is 36.6 Å². The zero-order valence-corrected chi connectivity index (χ0v) is 36.7. The van der Waals surface area contributed by atoms with Crippen molar-refractivity contribution in [1.29, 1.82) is 0 Å². The first-order chi connectivity index (χ1) is 27.6. The van der Waals surface area contributed by atoms with Crippen molar-refractivity contribution in [2.24, 2.45) is 17.8 Å². The van der Waals surface area contributed by atoms with Crippen LogP contribution in [0.25, 0.3) is 0 Å². The zero-order valence-electron chi connectivity index (χ0n) is 35.8. The van der Waals surface area contributed by atoms with E-state index in [2.05, 4.69) is 0 Å². The molecule has 4 rings (SSSR count). The van der Waals surface area contributed by atoms with E-state index < -0.39 is 117 Å². The molecule has 2 aromatic rings. The van der Waals surface area contributed by atoms with Crippen LogP contribution in [0, 0.1) is 23.6 Å². The highest BCUT2D eigenvalue weighted by molar-refractivity contribution is 7.89. The van der Waals surface area contributed by atoms with Gasteiger partial charge in [-0.3, -0.25) is 4.79 Å². The van der Waals surface area contributed by atoms with Gasteiger partial charge in [-0.05, 0) is 97.2 Å². The van der Waals surface area contributed by atoms with Crippen LogP contribution in [0.15, 0.2) is 53.4 Å². The average Bonchev–Trinajstić information content (AvgIpc) is 3.17. The summed E-state index contributed by atoms with van der Waals surface area (Å²) < 4.78 is 110. The van der Waals surface area contributed by atoms with Crippen LogP contribution in [-0.2, 0) is 35.2 Å². The molecule has 13 nitrogen and oxygen atoms in total. The minimum atomic E-state index is -5.11. The van der Waals surface area contributed by atoms with E-state index in [1.165, 1.54) is 59.0 Å². The minimum absolute atomic E-state index is 0.0128. The first kappa shape index (κ1) is 49.7. The number of ether oxygens (including phenoxy) is 4. The zero-order chi connectivity index (χ0) is 45.3. The Bertz CT molecular complexity index is 1850. The van der Waals surface area contributed by atoms with Gasteiger partial charge >= 0.3 is 12.1 Å². The largest absolute Gasteiger partial charge is 0.483 e. The maximum absolute atomic E-state index is 14.5. The van der Waals surface area contributed by atoms with Crippen LogP contribution in [-0.4, -0.2) is 131 Å². The van der Waals surface area contributed by atoms with Crippen molar-refractivity contribution in [3.8, 4) is 5.75 Å². The molecule has 0 bridgehead atoms. The highest BCUT2D eigenvalue weighted by Crippen LogP contribution is 2.40. The smallest absolute Gasteiger partial charge is 0.419 e. The topological polar surface area (TPSA) is 176 Å². The molecule has 0 radical (unpaired) electrons. The summed E-state index contributed by atoms with van der Waals surface area (Å²) in [5, 5.41) is 47.2. The first-order valence-corrected chi connectivity index (χ1v) is 21.7. The minimum Gasteiger partial charge on any atom is -0.483 e. The van der Waals surface area contributed by atoms with Gasteiger partial charge < -0.3 is 44.3 Å². The highest BCUT2D eigenvalue weighted by atomic mass is 32.2. The lowest BCUT2D eigenvalue weighted by atomic mass is 9.78. The number of hydrogen-bond acceptors (Lipinski definition) is 12. The molecule has 0 spiro atoms. The van der Waals surface area contributed by atoms with Crippen molar-refractivity contribution in [2.45, 2.75) is 152 Å². The summed E-state index contributed by atoms with van der Waals surface area (Å²) in [6.07, 6.45) is -14.6. The predicted molar refractivity (Wildman–Crippen MR) is 212 cm³/mol. The van der Waals surface area contributed by atoms with E-state index in [0.717, 1.165) is 10.4 Å². The van der Waals surface area contributed by atoms with Gasteiger partial charge in [0.2, 0.25) is 10.0 Å². The number of nitrogens with zero attached hydrogens (tertiary/aromatic N) is 2. The summed E-state index contributed by atoms with van der Waals surface area (Å²) in [5.41, 5.74) is -5.39. The Labute approximate surface area is 350 Å². The number of sulfonamides is 1. The van der Waals surface area contributed by atoms with Gasteiger partial charge in [-0.1, -0.05) is 39.0 Å². The predicted octanol–water partition coefficient (Wildman–Crippen LogP) is 4.98. The molecular formula is C42H62F4N2O11S. The second kappa shape index (κ2) is 19.2. The van der Waals surface area contributed by atoms with Crippen molar-refractivity contribution >= 4 is 16.0 Å². The molecule has 2 heterocycles. The Morgan fingerprint density at radius 1 is 1.02 bits per heavy atom. The molecule has 2 fully saturated rings. The number of carbonyl (C=O) groups is 1. The lowest BCUT2D eigenvalue weighted by Gasteiger charge is -2.48. The van der Waals surface area contributed by atoms with Gasteiger partial charge in [-0.2, -0.15) is 17.5 Å². The molecular weight excluding hydrogens is 817 g/mol. The highest BCUT2D eigenvalue weighted by Gasteiger charge is 2.52. The number of cyclic esters (lactones) is 1. The molecule has 2 aliphatic heterocycles. The maximum Gasteiger partial charge on any atom is 0.419 e. The molecule has 2 saturated heterocycles. The Morgan fingerprint density at radius 2 is 1.63 bits per heavy atom. The van der Waals surface area contributed by atoms with Crippen LogP contribution in [0.5, 0.6) is 5.75 Å². The molecule has 4 N–H and O–H groups in total. The third-order valence-corrected chi connectivity index (χ3v) is 14.1. The summed E-state index contributed by atoms with van der Waals surface area (Å²) in [5.74, 6) is -5.73. The third kappa shape index (κ3) is 11.0. The lowest BCUT2D eigenvalue weighted by molar-refractivity contribution is -0.293. The van der Waals surface area contributed by atoms with E-state index in [0.29, 0.717) is 12.1 Å². The van der Waals surface area contributed by atoms with E-state index in [1.807, 2.05) is 6.92 Å². The van der Waals surface area contributed by atoms with Crippen molar-refractivity contribution < 1.29 is 70.1 Å². The van der Waals surface area contributed by atoms with Crippen molar-refractivity contribution in [3.63, 3.8) is 0 Å². The van der Waals surface area contributed by atoms with Crippen molar-refractivity contribution in [3.05, 3.63) is 59.9 Å². The molecule has 2 aromatic carbocycles. The molecule has 18 heteroatoms. The summed E-state index contributed by atoms with van der Waals surface area (Å²) >= 11 is 0. The van der Waals surface area contributed by atoms with E-state index >= 15 is 0 Å². The molecule has 0 aromatic heterocycles. The number of likely N-dealkylation sites (N-methyl/N-ethyl adjacent to an activating group) is 2. The van der Waals surface area contributed by atoms with Crippen LogP contribution in [0.2, 0.25) is 0 Å². The molecule has 0 amide bonds. The second-order valence-electron chi connectivity index (χ2n) is 17.2. The Morgan fingerprint density at radius 3 is 2.22 bits per heavy atom. The van der Waals surface area contributed by atoms with Gasteiger partial charge in [0.1, 0.15) is 29.4 Å². The standard InChI is InChI=1S/C42H62F4N2O11S/c1-11-33-41(8,53)36(50)27(6)47(9)22-23(2)21-40(7,52)37(25(4)34(49)26(5)38(51)58-33)59-39-35(57-28-17-18-31(43)30(20-28)42(44,45)46)32(19-24(3)56-39)48(10)60(54,55)29-15-13-12-14-16-29/h12-18,20,23-27,32-37,39,49-50,52-53H,11,19,21-22H2,1-10H3/t23-,24-,25+,26-,27-,32+,33-,34+,35-,36-,37-,39+,40-,41-/m1/s1. The van der Waals surface area contributed by atoms with Crippen LogP contribution >= 0.6 is 0 Å². The monoisotopic (exact) mass is 878 g/mol. The summed E-state index contributed by atoms with van der Waals surface area (Å²) in [6.45, 7) is 12.8. The lowest BCUT2D eigenvalue weighted by Crippen LogP contribution is -2.61. The van der Waals surface area contributed by atoms with Crippen LogP contribution in [0.1, 0.15) is 80.2 Å². The van der Waals surface area contributed by atoms with Gasteiger partial charge in [0.05, 0.1) is 46.3 Å². The fraction of sp³-hybridized carbons (Fsp3) is 0.690. The van der Waals surface area contributed by atoms with Crippen molar-refractivity contribution in [2.75, 3.05) is 20.6 Å².